The molecule has 0 saturated carbocycles. The van der Waals surface area contributed by atoms with E-state index in [0.717, 1.165) is 6.07 Å². The summed E-state index contributed by atoms with van der Waals surface area (Å²) >= 11 is 15.0. The highest BCUT2D eigenvalue weighted by atomic mass is 79.9. The normalized spacial score (nSPS) is 10.2. The minimum atomic E-state index is -0.595. The van der Waals surface area contributed by atoms with Gasteiger partial charge in [-0.05, 0) is 40.2 Å². The van der Waals surface area contributed by atoms with Crippen molar-refractivity contribution < 1.29 is 9.72 Å². The standard InChI is InChI=1S/C13H7BrCl2N2O3/c14-10-3-1-7(15)5-12(10)17-13(19)9-6-8(18(20)21)2-4-11(9)16/h1-6H,(H,17,19). The quantitative estimate of drug-likeness (QED) is 0.598. The summed E-state index contributed by atoms with van der Waals surface area (Å²) in [6.45, 7) is 0. The summed E-state index contributed by atoms with van der Waals surface area (Å²) in [5.74, 6) is -0.563. The Bertz CT molecular complexity index is 737. The van der Waals surface area contributed by atoms with Crippen molar-refractivity contribution in [3.05, 3.63) is 66.6 Å². The van der Waals surface area contributed by atoms with Crippen LogP contribution < -0.4 is 5.32 Å². The number of nitrogens with zero attached hydrogens (tertiary/aromatic N) is 1. The molecule has 0 aliphatic heterocycles. The Morgan fingerprint density at radius 1 is 1.19 bits per heavy atom. The van der Waals surface area contributed by atoms with Crippen molar-refractivity contribution in [1.29, 1.82) is 0 Å². The van der Waals surface area contributed by atoms with Gasteiger partial charge in [-0.15, -0.1) is 0 Å². The molecule has 0 spiro atoms. The number of halogens is 3. The molecule has 0 aliphatic carbocycles. The smallest absolute Gasteiger partial charge is 0.270 e. The van der Waals surface area contributed by atoms with Crippen molar-refractivity contribution in [2.24, 2.45) is 0 Å². The molecule has 0 atom stereocenters. The van der Waals surface area contributed by atoms with Crippen molar-refractivity contribution in [1.82, 2.24) is 0 Å². The molecule has 0 aromatic heterocycles. The Morgan fingerprint density at radius 2 is 1.90 bits per heavy atom. The molecule has 5 nitrogen and oxygen atoms in total. The molecule has 0 unspecified atom stereocenters. The fourth-order valence-corrected chi connectivity index (χ4v) is 2.30. The molecule has 0 radical (unpaired) electrons. The number of non-ortho nitro benzene ring substituents is 1. The molecule has 2 rings (SSSR count). The molecular weight excluding hydrogens is 383 g/mol. The van der Waals surface area contributed by atoms with Crippen LogP contribution in [0.4, 0.5) is 11.4 Å². The third kappa shape index (κ3) is 3.72. The number of anilines is 1. The van der Waals surface area contributed by atoms with Crippen molar-refractivity contribution in [2.45, 2.75) is 0 Å². The van der Waals surface area contributed by atoms with Gasteiger partial charge < -0.3 is 5.32 Å². The Balaban J connectivity index is 2.34. The molecule has 8 heteroatoms. The summed E-state index contributed by atoms with van der Waals surface area (Å²) < 4.78 is 0.627. The van der Waals surface area contributed by atoms with E-state index in [9.17, 15) is 14.9 Å². The minimum absolute atomic E-state index is 0.0118. The van der Waals surface area contributed by atoms with Crippen LogP contribution in [-0.2, 0) is 0 Å². The molecule has 21 heavy (non-hydrogen) atoms. The number of carbonyl (C=O) groups excluding carboxylic acids is 1. The number of nitro benzene ring substituents is 1. The highest BCUT2D eigenvalue weighted by Crippen LogP contribution is 2.28. The summed E-state index contributed by atoms with van der Waals surface area (Å²) in [6, 6.07) is 8.54. The predicted octanol–water partition coefficient (Wildman–Crippen LogP) is 4.92. The lowest BCUT2D eigenvalue weighted by Gasteiger charge is -2.09. The number of nitro groups is 1. The molecule has 0 fully saturated rings. The van der Waals surface area contributed by atoms with Crippen LogP contribution in [0.3, 0.4) is 0 Å². The zero-order valence-corrected chi connectivity index (χ0v) is 13.4. The summed E-state index contributed by atoms with van der Waals surface area (Å²) in [6.07, 6.45) is 0. The maximum Gasteiger partial charge on any atom is 0.270 e. The van der Waals surface area contributed by atoms with Gasteiger partial charge >= 0.3 is 0 Å². The number of carbonyl (C=O) groups is 1. The van der Waals surface area contributed by atoms with E-state index in [1.165, 1.54) is 12.1 Å². The van der Waals surface area contributed by atoms with E-state index in [2.05, 4.69) is 21.2 Å². The number of nitrogens with one attached hydrogen (secondary N) is 1. The summed E-state index contributed by atoms with van der Waals surface area (Å²) in [5.41, 5.74) is 0.238. The highest BCUT2D eigenvalue weighted by molar-refractivity contribution is 9.10. The zero-order valence-electron chi connectivity index (χ0n) is 10.3. The van der Waals surface area contributed by atoms with Gasteiger partial charge in [0, 0.05) is 21.6 Å². The van der Waals surface area contributed by atoms with Gasteiger partial charge in [0.05, 0.1) is 21.2 Å². The number of benzene rings is 2. The molecule has 2 aromatic carbocycles. The average Bonchev–Trinajstić information content (AvgIpc) is 2.43. The molecule has 1 amide bonds. The number of rotatable bonds is 3. The molecule has 0 aliphatic rings. The zero-order chi connectivity index (χ0) is 15.6. The summed E-state index contributed by atoms with van der Waals surface area (Å²) in [7, 11) is 0. The monoisotopic (exact) mass is 388 g/mol. The Labute approximate surface area is 138 Å². The molecule has 108 valence electrons. The lowest BCUT2D eigenvalue weighted by atomic mass is 10.2. The molecule has 1 N–H and O–H groups in total. The first kappa shape index (κ1) is 15.8. The van der Waals surface area contributed by atoms with E-state index in [1.807, 2.05) is 0 Å². The van der Waals surface area contributed by atoms with Crippen molar-refractivity contribution in [3.63, 3.8) is 0 Å². The molecular formula is C13H7BrCl2N2O3. The first-order valence-electron chi connectivity index (χ1n) is 5.59. The van der Waals surface area contributed by atoms with Gasteiger partial charge in [0.1, 0.15) is 0 Å². The Hall–Kier alpha value is -1.63. The van der Waals surface area contributed by atoms with Crippen LogP contribution in [0.15, 0.2) is 40.9 Å². The highest BCUT2D eigenvalue weighted by Gasteiger charge is 2.16. The van der Waals surface area contributed by atoms with Crippen LogP contribution in [0.2, 0.25) is 10.0 Å². The van der Waals surface area contributed by atoms with Gasteiger partial charge in [-0.25, -0.2) is 0 Å². The number of hydrogen-bond donors (Lipinski definition) is 1. The van der Waals surface area contributed by atoms with Gasteiger partial charge in [0.25, 0.3) is 11.6 Å². The van der Waals surface area contributed by atoms with Crippen molar-refractivity contribution >= 4 is 56.4 Å². The summed E-state index contributed by atoms with van der Waals surface area (Å²) in [4.78, 5) is 22.3. The van der Waals surface area contributed by atoms with Gasteiger partial charge in [-0.3, -0.25) is 14.9 Å². The van der Waals surface area contributed by atoms with Gasteiger partial charge in [0.15, 0.2) is 0 Å². The Morgan fingerprint density at radius 3 is 2.57 bits per heavy atom. The van der Waals surface area contributed by atoms with Crippen LogP contribution in [0.1, 0.15) is 10.4 Å². The summed E-state index contributed by atoms with van der Waals surface area (Å²) in [5, 5.41) is 13.9. The van der Waals surface area contributed by atoms with Crippen LogP contribution in [0, 0.1) is 10.1 Å². The number of hydrogen-bond acceptors (Lipinski definition) is 3. The van der Waals surface area contributed by atoms with Crippen LogP contribution in [0.25, 0.3) is 0 Å². The van der Waals surface area contributed by atoms with E-state index in [1.54, 1.807) is 18.2 Å². The Kier molecular flexibility index (Phi) is 4.82. The molecule has 0 heterocycles. The second kappa shape index (κ2) is 6.43. The van der Waals surface area contributed by atoms with E-state index >= 15 is 0 Å². The van der Waals surface area contributed by atoms with Crippen molar-refractivity contribution in [3.8, 4) is 0 Å². The van der Waals surface area contributed by atoms with E-state index in [-0.39, 0.29) is 16.3 Å². The van der Waals surface area contributed by atoms with E-state index in [4.69, 9.17) is 23.2 Å². The van der Waals surface area contributed by atoms with Gasteiger partial charge in [-0.1, -0.05) is 23.2 Å². The second-order valence-corrected chi connectivity index (χ2v) is 5.70. The third-order valence-electron chi connectivity index (χ3n) is 2.58. The van der Waals surface area contributed by atoms with E-state index in [0.29, 0.717) is 15.2 Å². The molecule has 0 bridgehead atoms. The third-order valence-corrected chi connectivity index (χ3v) is 3.84. The van der Waals surface area contributed by atoms with E-state index < -0.39 is 10.8 Å². The maximum absolute atomic E-state index is 12.2. The van der Waals surface area contributed by atoms with Gasteiger partial charge in [0.2, 0.25) is 0 Å². The first-order chi connectivity index (χ1) is 9.88. The lowest BCUT2D eigenvalue weighted by Crippen LogP contribution is -2.13. The van der Waals surface area contributed by atoms with Crippen LogP contribution in [0.5, 0.6) is 0 Å². The predicted molar refractivity (Wildman–Crippen MR) is 85.2 cm³/mol. The van der Waals surface area contributed by atoms with Gasteiger partial charge in [-0.2, -0.15) is 0 Å². The van der Waals surface area contributed by atoms with Crippen molar-refractivity contribution in [2.75, 3.05) is 5.32 Å². The largest absolute Gasteiger partial charge is 0.321 e. The van der Waals surface area contributed by atoms with Crippen LogP contribution >= 0.6 is 39.1 Å². The topological polar surface area (TPSA) is 72.2 Å². The minimum Gasteiger partial charge on any atom is -0.321 e. The lowest BCUT2D eigenvalue weighted by molar-refractivity contribution is -0.384. The SMILES string of the molecule is O=C(Nc1cc(Cl)ccc1Br)c1cc([N+](=O)[O-])ccc1Cl. The maximum atomic E-state index is 12.2. The fraction of sp³-hybridized carbons (Fsp3) is 0. The fourth-order valence-electron chi connectivity index (χ4n) is 1.58. The van der Waals surface area contributed by atoms with Crippen LogP contribution in [-0.4, -0.2) is 10.8 Å². The molecule has 0 saturated heterocycles. The first-order valence-corrected chi connectivity index (χ1v) is 7.13. The number of amides is 1. The second-order valence-electron chi connectivity index (χ2n) is 4.00. The molecule has 2 aromatic rings. The average molecular weight is 390 g/mol.